The first-order chi connectivity index (χ1) is 8.71. The molecule has 0 atom stereocenters. The highest BCUT2D eigenvalue weighted by Gasteiger charge is 2.32. The van der Waals surface area contributed by atoms with Crippen molar-refractivity contribution in [3.05, 3.63) is 29.2 Å². The molecule has 0 amide bonds. The van der Waals surface area contributed by atoms with Gasteiger partial charge in [0.05, 0.1) is 5.56 Å². The van der Waals surface area contributed by atoms with Gasteiger partial charge in [-0.25, -0.2) is 14.3 Å². The maximum absolute atomic E-state index is 12.5. The molecule has 2 heterocycles. The molecule has 0 aliphatic rings. The van der Waals surface area contributed by atoms with E-state index in [0.29, 0.717) is 11.8 Å². The van der Waals surface area contributed by atoms with Crippen molar-refractivity contribution in [3.63, 3.8) is 0 Å². The number of halogens is 3. The molecule has 0 unspecified atom stereocenters. The second-order valence-corrected chi connectivity index (χ2v) is 4.33. The lowest BCUT2D eigenvalue weighted by Gasteiger charge is -2.06. The molecular weight excluding hydrogens is 263 g/mol. The third-order valence-corrected chi connectivity index (χ3v) is 2.62. The monoisotopic (exact) mass is 273 g/mol. The number of hydrogen-bond acceptors (Lipinski definition) is 3. The second kappa shape index (κ2) is 4.22. The summed E-state index contributed by atoms with van der Waals surface area (Å²) in [5.41, 5.74) is -0.807. The molecule has 19 heavy (non-hydrogen) atoms. The van der Waals surface area contributed by atoms with Crippen LogP contribution in [0.4, 0.5) is 13.2 Å². The Kier molecular flexibility index (Phi) is 2.95. The van der Waals surface area contributed by atoms with E-state index >= 15 is 0 Å². The molecule has 0 aromatic carbocycles. The van der Waals surface area contributed by atoms with E-state index in [9.17, 15) is 18.0 Å². The minimum Gasteiger partial charge on any atom is -0.476 e. The van der Waals surface area contributed by atoms with Gasteiger partial charge in [-0.05, 0) is 5.92 Å². The zero-order chi connectivity index (χ0) is 14.4. The number of carboxylic acids is 1. The third-order valence-electron chi connectivity index (χ3n) is 2.62. The molecule has 0 saturated carbocycles. The van der Waals surface area contributed by atoms with Gasteiger partial charge in [-0.3, -0.25) is 0 Å². The van der Waals surface area contributed by atoms with E-state index in [-0.39, 0.29) is 17.3 Å². The molecule has 8 heteroatoms. The zero-order valence-corrected chi connectivity index (χ0v) is 10.1. The molecule has 5 nitrogen and oxygen atoms in total. The predicted octanol–water partition coefficient (Wildman–Crippen LogP) is 2.57. The minimum atomic E-state index is -4.55. The van der Waals surface area contributed by atoms with Crippen LogP contribution in [0.15, 0.2) is 12.4 Å². The standard InChI is InChI=1S/C11H10F3N3O2/c1-5(2)7-8(10(18)19)16-17-4-6(11(12,13)14)3-15-9(7)17/h3-5H,1-2H3,(H,18,19). The van der Waals surface area contributed by atoms with Crippen LogP contribution in [0.3, 0.4) is 0 Å². The van der Waals surface area contributed by atoms with Gasteiger partial charge in [0.2, 0.25) is 0 Å². The Hall–Kier alpha value is -2.12. The topological polar surface area (TPSA) is 67.5 Å². The summed E-state index contributed by atoms with van der Waals surface area (Å²) in [7, 11) is 0. The summed E-state index contributed by atoms with van der Waals surface area (Å²) in [6.07, 6.45) is -3.14. The number of fused-ring (bicyclic) bond motifs is 1. The van der Waals surface area contributed by atoms with Crippen LogP contribution in [0.25, 0.3) is 5.65 Å². The molecule has 0 spiro atoms. The fraction of sp³-hybridized carbons (Fsp3) is 0.364. The van der Waals surface area contributed by atoms with E-state index in [2.05, 4.69) is 10.1 Å². The number of carbonyl (C=O) groups is 1. The van der Waals surface area contributed by atoms with Gasteiger partial charge in [0.15, 0.2) is 11.3 Å². The van der Waals surface area contributed by atoms with Crippen molar-refractivity contribution in [1.82, 2.24) is 14.6 Å². The Balaban J connectivity index is 2.73. The Morgan fingerprint density at radius 3 is 2.53 bits per heavy atom. The first-order valence-electron chi connectivity index (χ1n) is 5.40. The van der Waals surface area contributed by atoms with Gasteiger partial charge in [0.25, 0.3) is 0 Å². The Labute approximate surface area is 105 Å². The quantitative estimate of drug-likeness (QED) is 0.913. The molecule has 2 aromatic rings. The molecule has 0 radical (unpaired) electrons. The minimum absolute atomic E-state index is 0.125. The Morgan fingerprint density at radius 2 is 2.05 bits per heavy atom. The molecular formula is C11H10F3N3O2. The highest BCUT2D eigenvalue weighted by Crippen LogP contribution is 2.30. The van der Waals surface area contributed by atoms with Crippen LogP contribution in [0.5, 0.6) is 0 Å². The summed E-state index contributed by atoms with van der Waals surface area (Å²) in [5, 5.41) is 12.7. The van der Waals surface area contributed by atoms with E-state index in [4.69, 9.17) is 5.11 Å². The molecule has 2 aromatic heterocycles. The van der Waals surface area contributed by atoms with Crippen LogP contribution in [0.2, 0.25) is 0 Å². The van der Waals surface area contributed by atoms with Crippen LogP contribution in [0.1, 0.15) is 41.4 Å². The fourth-order valence-corrected chi connectivity index (χ4v) is 1.79. The number of carboxylic acid groups (broad SMARTS) is 1. The smallest absolute Gasteiger partial charge is 0.419 e. The van der Waals surface area contributed by atoms with Gasteiger partial charge in [0.1, 0.15) is 0 Å². The predicted molar refractivity (Wildman–Crippen MR) is 59.0 cm³/mol. The van der Waals surface area contributed by atoms with Gasteiger partial charge in [-0.1, -0.05) is 13.8 Å². The molecule has 0 fully saturated rings. The molecule has 0 bridgehead atoms. The number of aromatic carboxylic acids is 1. The normalized spacial score (nSPS) is 12.3. The van der Waals surface area contributed by atoms with Crippen LogP contribution in [-0.2, 0) is 6.18 Å². The number of rotatable bonds is 2. The average molecular weight is 273 g/mol. The number of alkyl halides is 3. The van der Waals surface area contributed by atoms with Crippen LogP contribution in [-0.4, -0.2) is 25.7 Å². The van der Waals surface area contributed by atoms with Gasteiger partial charge in [0, 0.05) is 18.0 Å². The summed E-state index contributed by atoms with van der Waals surface area (Å²) in [6, 6.07) is 0. The van der Waals surface area contributed by atoms with Gasteiger partial charge in [-0.2, -0.15) is 18.3 Å². The van der Waals surface area contributed by atoms with Crippen molar-refractivity contribution in [2.75, 3.05) is 0 Å². The maximum Gasteiger partial charge on any atom is 0.419 e. The average Bonchev–Trinajstić information content (AvgIpc) is 2.65. The van der Waals surface area contributed by atoms with Crippen LogP contribution >= 0.6 is 0 Å². The molecule has 2 rings (SSSR count). The largest absolute Gasteiger partial charge is 0.476 e. The van der Waals surface area contributed by atoms with E-state index in [1.54, 1.807) is 13.8 Å². The van der Waals surface area contributed by atoms with Crippen molar-refractivity contribution < 1.29 is 23.1 Å². The van der Waals surface area contributed by atoms with Crippen molar-refractivity contribution in [3.8, 4) is 0 Å². The number of nitrogens with zero attached hydrogens (tertiary/aromatic N) is 3. The number of aromatic nitrogens is 3. The lowest BCUT2D eigenvalue weighted by atomic mass is 10.0. The lowest BCUT2D eigenvalue weighted by molar-refractivity contribution is -0.138. The first kappa shape index (κ1) is 13.3. The van der Waals surface area contributed by atoms with Crippen molar-refractivity contribution in [2.24, 2.45) is 0 Å². The van der Waals surface area contributed by atoms with Gasteiger partial charge >= 0.3 is 12.1 Å². The molecule has 0 saturated heterocycles. The van der Waals surface area contributed by atoms with E-state index < -0.39 is 17.7 Å². The summed E-state index contributed by atoms with van der Waals surface area (Å²) in [4.78, 5) is 14.7. The van der Waals surface area contributed by atoms with Crippen molar-refractivity contribution in [2.45, 2.75) is 25.9 Å². The van der Waals surface area contributed by atoms with Crippen molar-refractivity contribution in [1.29, 1.82) is 0 Å². The van der Waals surface area contributed by atoms with E-state index in [0.717, 1.165) is 10.7 Å². The third kappa shape index (κ3) is 2.25. The molecule has 0 aliphatic heterocycles. The summed E-state index contributed by atoms with van der Waals surface area (Å²) >= 11 is 0. The van der Waals surface area contributed by atoms with Gasteiger partial charge < -0.3 is 5.11 Å². The zero-order valence-electron chi connectivity index (χ0n) is 10.1. The summed E-state index contributed by atoms with van der Waals surface area (Å²) in [5.74, 6) is -1.50. The van der Waals surface area contributed by atoms with E-state index in [1.807, 2.05) is 0 Å². The fourth-order valence-electron chi connectivity index (χ4n) is 1.79. The van der Waals surface area contributed by atoms with Gasteiger partial charge in [-0.15, -0.1) is 0 Å². The highest BCUT2D eigenvalue weighted by molar-refractivity contribution is 5.89. The Bertz CT molecular complexity index is 646. The summed E-state index contributed by atoms with van der Waals surface area (Å²) < 4.78 is 38.5. The van der Waals surface area contributed by atoms with Crippen LogP contribution < -0.4 is 0 Å². The number of hydrogen-bond donors (Lipinski definition) is 1. The SMILES string of the molecule is CC(C)c1c(C(=O)O)nn2cc(C(F)(F)F)cnc12. The second-order valence-electron chi connectivity index (χ2n) is 4.33. The summed E-state index contributed by atoms with van der Waals surface area (Å²) in [6.45, 7) is 3.45. The van der Waals surface area contributed by atoms with E-state index in [1.165, 1.54) is 0 Å². The van der Waals surface area contributed by atoms with Crippen molar-refractivity contribution >= 4 is 11.6 Å². The van der Waals surface area contributed by atoms with Crippen LogP contribution in [0, 0.1) is 0 Å². The Morgan fingerprint density at radius 1 is 1.42 bits per heavy atom. The lowest BCUT2D eigenvalue weighted by Crippen LogP contribution is -2.08. The molecule has 0 aliphatic carbocycles. The first-order valence-corrected chi connectivity index (χ1v) is 5.40. The maximum atomic E-state index is 12.5. The molecule has 1 N–H and O–H groups in total. The highest BCUT2D eigenvalue weighted by atomic mass is 19.4. The molecule has 102 valence electrons.